The highest BCUT2D eigenvalue weighted by Crippen LogP contribution is 2.31. The van der Waals surface area contributed by atoms with Crippen molar-refractivity contribution in [3.63, 3.8) is 0 Å². The number of nitrogens with zero attached hydrogens (tertiary/aromatic N) is 6. The molecule has 66 heavy (non-hydrogen) atoms. The van der Waals surface area contributed by atoms with Gasteiger partial charge in [0.25, 0.3) is 11.8 Å². The molecule has 3 aromatic carbocycles. The molecule has 0 unspecified atom stereocenters. The molecule has 4 heterocycles. The van der Waals surface area contributed by atoms with Crippen molar-refractivity contribution in [3.8, 4) is 22.5 Å². The highest BCUT2D eigenvalue weighted by atomic mass is 79.9. The van der Waals surface area contributed by atoms with Gasteiger partial charge in [-0.1, -0.05) is 30.3 Å². The standard InChI is InChI=1S/C28H32N6O3.C21H24BrN5O2/c1-17-12-18(8-11-21(17)27(36)31-20-9-10-20)24-14-29-26-23(30-16-28(2,3)37)13-25(33-34(24)26)32-22-7-5-4-6-19(22)15-35;1-12-8-13(4-7-15(12)20(28)25-14-5-6-14)17-10-23-19-16(24-11-21(2,3)29)9-18(22)26-27(17)19/h4-8,11-14,20,30,35,37H,9-10,15-16H2,1-3H3,(H,31,36)(H,32,33);4,7-10,14,24,29H,5-6,11H2,1-3H3,(H,25,28). The lowest BCUT2D eigenvalue weighted by atomic mass is 10.0. The molecule has 8 N–H and O–H groups in total. The summed E-state index contributed by atoms with van der Waals surface area (Å²) in [6.45, 7) is 11.4. The number of anilines is 4. The highest BCUT2D eigenvalue weighted by Gasteiger charge is 2.26. The number of hydrogen-bond acceptors (Lipinski definition) is 12. The van der Waals surface area contributed by atoms with Crippen LogP contribution in [0.4, 0.5) is 22.9 Å². The van der Waals surface area contributed by atoms with E-state index < -0.39 is 11.2 Å². The van der Waals surface area contributed by atoms with Crippen LogP contribution in [-0.4, -0.2) is 92.7 Å². The summed E-state index contributed by atoms with van der Waals surface area (Å²) in [6.07, 6.45) is 7.73. The van der Waals surface area contributed by atoms with Gasteiger partial charge < -0.3 is 41.9 Å². The van der Waals surface area contributed by atoms with Crippen molar-refractivity contribution in [1.82, 2.24) is 39.8 Å². The molecule has 2 aliphatic carbocycles. The fraction of sp³-hybridized carbons (Fsp3) is 0.347. The number of fused-ring (bicyclic) bond motifs is 2. The van der Waals surface area contributed by atoms with E-state index in [9.17, 15) is 24.9 Å². The zero-order valence-corrected chi connectivity index (χ0v) is 39.5. The Morgan fingerprint density at radius 1 is 0.682 bits per heavy atom. The van der Waals surface area contributed by atoms with Crippen LogP contribution >= 0.6 is 15.9 Å². The summed E-state index contributed by atoms with van der Waals surface area (Å²) in [5, 5.41) is 55.3. The predicted octanol–water partition coefficient (Wildman–Crippen LogP) is 7.56. The summed E-state index contributed by atoms with van der Waals surface area (Å²) in [6, 6.07) is 23.3. The van der Waals surface area contributed by atoms with Gasteiger partial charge in [-0.05, 0) is 131 Å². The normalized spacial score (nSPS) is 13.8. The Balaban J connectivity index is 0.000000185. The lowest BCUT2D eigenvalue weighted by molar-refractivity contribution is 0.0939. The topological polar surface area (TPSA) is 215 Å². The molecule has 0 bridgehead atoms. The predicted molar refractivity (Wildman–Crippen MR) is 260 cm³/mol. The molecule has 0 spiro atoms. The second kappa shape index (κ2) is 18.8. The molecule has 2 fully saturated rings. The number of aliphatic hydroxyl groups is 3. The second-order valence-corrected chi connectivity index (χ2v) is 19.2. The SMILES string of the molecule is Cc1cc(-c2cnc3c(NCC(C)(C)O)cc(Br)nn23)ccc1C(=O)NC1CC1.Cc1cc(-c2cnc3c(NCC(C)(C)O)cc(Nc4ccccc4CO)nn23)ccc1C(=O)NC1CC1. The van der Waals surface area contributed by atoms with Crippen LogP contribution in [0.25, 0.3) is 33.8 Å². The molecule has 2 amide bonds. The maximum atomic E-state index is 12.6. The summed E-state index contributed by atoms with van der Waals surface area (Å²) in [5.41, 5.74) is 8.98. The van der Waals surface area contributed by atoms with Crippen LogP contribution in [0, 0.1) is 13.8 Å². The van der Waals surface area contributed by atoms with Crippen LogP contribution in [0.5, 0.6) is 0 Å². The maximum absolute atomic E-state index is 12.6. The molecule has 2 aliphatic rings. The zero-order chi connectivity index (χ0) is 46.9. The van der Waals surface area contributed by atoms with Crippen LogP contribution < -0.4 is 26.6 Å². The monoisotopic (exact) mass is 957 g/mol. The van der Waals surface area contributed by atoms with E-state index in [0.29, 0.717) is 63.7 Å². The van der Waals surface area contributed by atoms with Gasteiger partial charge in [-0.2, -0.15) is 5.10 Å². The molecular formula is C49H56BrN11O5. The van der Waals surface area contributed by atoms with Crippen LogP contribution in [0.3, 0.4) is 0 Å². The van der Waals surface area contributed by atoms with Gasteiger partial charge in [0.1, 0.15) is 4.60 Å². The third kappa shape index (κ3) is 11.2. The van der Waals surface area contributed by atoms with E-state index in [0.717, 1.165) is 76.3 Å². The number of amides is 2. The molecule has 9 rings (SSSR count). The molecule has 344 valence electrons. The number of para-hydroxylation sites is 1. The number of aliphatic hydroxyl groups excluding tert-OH is 1. The summed E-state index contributed by atoms with van der Waals surface area (Å²) in [7, 11) is 0. The van der Waals surface area contributed by atoms with Crippen molar-refractivity contribution < 1.29 is 24.9 Å². The van der Waals surface area contributed by atoms with E-state index in [4.69, 9.17) is 5.10 Å². The van der Waals surface area contributed by atoms with Crippen molar-refractivity contribution in [3.05, 3.63) is 118 Å². The molecule has 0 radical (unpaired) electrons. The number of aryl methyl sites for hydroxylation is 2. The number of halogens is 1. The summed E-state index contributed by atoms with van der Waals surface area (Å²) in [5.74, 6) is 0.478. The minimum atomic E-state index is -0.930. The van der Waals surface area contributed by atoms with Gasteiger partial charge >= 0.3 is 0 Å². The molecule has 7 aromatic rings. The van der Waals surface area contributed by atoms with Gasteiger partial charge in [0.15, 0.2) is 17.1 Å². The summed E-state index contributed by atoms with van der Waals surface area (Å²) in [4.78, 5) is 34.1. The molecule has 16 nitrogen and oxygen atoms in total. The second-order valence-electron chi connectivity index (χ2n) is 18.4. The third-order valence-electron chi connectivity index (χ3n) is 11.1. The maximum Gasteiger partial charge on any atom is 0.251 e. The zero-order valence-electron chi connectivity index (χ0n) is 37.9. The summed E-state index contributed by atoms with van der Waals surface area (Å²) < 4.78 is 4.16. The van der Waals surface area contributed by atoms with Gasteiger partial charge in [-0.25, -0.2) is 19.0 Å². The Morgan fingerprint density at radius 3 is 1.64 bits per heavy atom. The minimum Gasteiger partial charge on any atom is -0.392 e. The first-order chi connectivity index (χ1) is 31.4. The molecule has 17 heteroatoms. The Kier molecular flexibility index (Phi) is 13.2. The van der Waals surface area contributed by atoms with Crippen molar-refractivity contribution in [2.45, 2.75) is 97.1 Å². The molecular weight excluding hydrogens is 903 g/mol. The van der Waals surface area contributed by atoms with Gasteiger partial charge in [0.05, 0.1) is 53.0 Å². The van der Waals surface area contributed by atoms with Crippen LogP contribution in [0.15, 0.2) is 89.8 Å². The average molecular weight is 959 g/mol. The Bertz CT molecular complexity index is 2930. The molecule has 0 saturated heterocycles. The number of carbonyl (C=O) groups is 2. The lowest BCUT2D eigenvalue weighted by Crippen LogP contribution is -2.29. The van der Waals surface area contributed by atoms with E-state index in [1.54, 1.807) is 49.1 Å². The smallest absolute Gasteiger partial charge is 0.251 e. The number of benzene rings is 3. The van der Waals surface area contributed by atoms with E-state index >= 15 is 0 Å². The fourth-order valence-electron chi connectivity index (χ4n) is 7.30. The van der Waals surface area contributed by atoms with Crippen molar-refractivity contribution in [1.29, 1.82) is 0 Å². The van der Waals surface area contributed by atoms with E-state index in [1.807, 2.05) is 86.6 Å². The highest BCUT2D eigenvalue weighted by molar-refractivity contribution is 9.10. The minimum absolute atomic E-state index is 0.0198. The van der Waals surface area contributed by atoms with E-state index in [2.05, 4.69) is 57.6 Å². The van der Waals surface area contributed by atoms with Crippen LogP contribution in [-0.2, 0) is 6.61 Å². The Hall–Kier alpha value is -6.40. The van der Waals surface area contributed by atoms with Gasteiger partial charge in [-0.3, -0.25) is 9.59 Å². The van der Waals surface area contributed by atoms with Crippen molar-refractivity contribution in [2.24, 2.45) is 0 Å². The largest absolute Gasteiger partial charge is 0.392 e. The number of imidazole rings is 2. The number of nitrogens with one attached hydrogen (secondary N) is 5. The van der Waals surface area contributed by atoms with Gasteiger partial charge in [0, 0.05) is 64.7 Å². The Labute approximate surface area is 391 Å². The van der Waals surface area contributed by atoms with Gasteiger partial charge in [0.2, 0.25) is 0 Å². The molecule has 4 aromatic heterocycles. The molecule has 0 aliphatic heterocycles. The number of hydrogen-bond donors (Lipinski definition) is 8. The number of rotatable bonds is 15. The average Bonchev–Trinajstić information content (AvgIpc) is 4.18. The van der Waals surface area contributed by atoms with E-state index in [1.165, 1.54) is 0 Å². The first kappa shape index (κ1) is 46.1. The fourth-order valence-corrected chi connectivity index (χ4v) is 7.69. The Morgan fingerprint density at radius 2 is 1.17 bits per heavy atom. The third-order valence-corrected chi connectivity index (χ3v) is 11.5. The quantitative estimate of drug-likeness (QED) is 0.0500. The van der Waals surface area contributed by atoms with Crippen LogP contribution in [0.1, 0.15) is 90.8 Å². The lowest BCUT2D eigenvalue weighted by Gasteiger charge is -2.19. The van der Waals surface area contributed by atoms with Crippen molar-refractivity contribution in [2.75, 3.05) is 29.0 Å². The van der Waals surface area contributed by atoms with Gasteiger partial charge in [-0.15, -0.1) is 5.10 Å². The van der Waals surface area contributed by atoms with E-state index in [-0.39, 0.29) is 18.4 Å². The van der Waals surface area contributed by atoms with Crippen LogP contribution in [0.2, 0.25) is 0 Å². The van der Waals surface area contributed by atoms with Crippen molar-refractivity contribution >= 4 is 61.9 Å². The first-order valence-corrected chi connectivity index (χ1v) is 22.9. The molecule has 0 atom stereocenters. The first-order valence-electron chi connectivity index (χ1n) is 22.1. The summed E-state index contributed by atoms with van der Waals surface area (Å²) >= 11 is 3.45. The molecule has 2 saturated carbocycles. The number of carbonyl (C=O) groups excluding carboxylic acids is 2. The number of aromatic nitrogens is 6.